The topological polar surface area (TPSA) is 15.3 Å². The lowest BCUT2D eigenvalue weighted by Gasteiger charge is -2.22. The summed E-state index contributed by atoms with van der Waals surface area (Å²) in [5.74, 6) is 1.82. The molecule has 0 amide bonds. The number of hydrogen-bond donors (Lipinski definition) is 1. The Kier molecular flexibility index (Phi) is 2.37. The van der Waals surface area contributed by atoms with Gasteiger partial charge in [-0.1, -0.05) is 13.8 Å². The van der Waals surface area contributed by atoms with Crippen molar-refractivity contribution >= 4 is 0 Å². The third-order valence-corrected chi connectivity index (χ3v) is 3.57. The van der Waals surface area contributed by atoms with Gasteiger partial charge in [-0.05, 0) is 24.8 Å². The summed E-state index contributed by atoms with van der Waals surface area (Å²) in [5, 5.41) is 3.44. The fraction of sp³-hybridized carbons (Fsp3) is 1.00. The first-order chi connectivity index (χ1) is 5.77. The molecule has 1 N–H and O–H groups in total. The molecule has 0 bridgehead atoms. The molecule has 2 heterocycles. The predicted molar refractivity (Wildman–Crippen MR) is 51.2 cm³/mol. The third kappa shape index (κ3) is 1.50. The van der Waals surface area contributed by atoms with E-state index in [1.807, 2.05) is 0 Å². The first kappa shape index (κ1) is 8.52. The molecule has 0 saturated carbocycles. The first-order valence-electron chi connectivity index (χ1n) is 5.22. The van der Waals surface area contributed by atoms with Crippen LogP contribution in [0.15, 0.2) is 0 Å². The molecule has 2 rings (SSSR count). The summed E-state index contributed by atoms with van der Waals surface area (Å²) in [5.41, 5.74) is 0. The van der Waals surface area contributed by atoms with Gasteiger partial charge in [-0.2, -0.15) is 0 Å². The van der Waals surface area contributed by atoms with Crippen LogP contribution in [0.25, 0.3) is 0 Å². The van der Waals surface area contributed by atoms with Crippen molar-refractivity contribution in [1.82, 2.24) is 10.2 Å². The number of hydrogen-bond acceptors (Lipinski definition) is 2. The van der Waals surface area contributed by atoms with Crippen LogP contribution in [0.3, 0.4) is 0 Å². The molecule has 2 fully saturated rings. The average Bonchev–Trinajstić information content (AvgIpc) is 2.61. The second kappa shape index (κ2) is 3.35. The average molecular weight is 168 g/mol. The summed E-state index contributed by atoms with van der Waals surface area (Å²) in [6, 6.07) is 0.845. The number of nitrogens with zero attached hydrogens (tertiary/aromatic N) is 1. The predicted octanol–water partition coefficient (Wildman–Crippen LogP) is 0.936. The molecule has 2 nitrogen and oxygen atoms in total. The zero-order valence-corrected chi connectivity index (χ0v) is 8.21. The minimum Gasteiger partial charge on any atom is -0.315 e. The van der Waals surface area contributed by atoms with E-state index in [0.717, 1.165) is 17.9 Å². The summed E-state index contributed by atoms with van der Waals surface area (Å²) in [6.07, 6.45) is 1.36. The van der Waals surface area contributed by atoms with Crippen LogP contribution in [0.2, 0.25) is 0 Å². The molecule has 0 aromatic carbocycles. The fourth-order valence-electron chi connectivity index (χ4n) is 2.42. The molecule has 3 unspecified atom stereocenters. The molecule has 2 saturated heterocycles. The van der Waals surface area contributed by atoms with Gasteiger partial charge in [-0.25, -0.2) is 0 Å². The molecule has 0 aliphatic carbocycles. The minimum absolute atomic E-state index is 0.845. The Morgan fingerprint density at radius 3 is 2.33 bits per heavy atom. The maximum absolute atomic E-state index is 3.44. The van der Waals surface area contributed by atoms with Crippen molar-refractivity contribution in [2.45, 2.75) is 26.3 Å². The Morgan fingerprint density at radius 2 is 1.83 bits per heavy atom. The van der Waals surface area contributed by atoms with Crippen LogP contribution >= 0.6 is 0 Å². The van der Waals surface area contributed by atoms with Gasteiger partial charge in [0, 0.05) is 25.7 Å². The van der Waals surface area contributed by atoms with Crippen molar-refractivity contribution in [3.8, 4) is 0 Å². The van der Waals surface area contributed by atoms with Crippen LogP contribution in [0.5, 0.6) is 0 Å². The van der Waals surface area contributed by atoms with Crippen molar-refractivity contribution in [2.24, 2.45) is 11.8 Å². The molecule has 2 heteroatoms. The molecule has 70 valence electrons. The van der Waals surface area contributed by atoms with Crippen LogP contribution in [0, 0.1) is 11.8 Å². The molecule has 12 heavy (non-hydrogen) atoms. The van der Waals surface area contributed by atoms with E-state index in [2.05, 4.69) is 24.1 Å². The molecule has 3 atom stereocenters. The van der Waals surface area contributed by atoms with Gasteiger partial charge < -0.3 is 5.32 Å². The Morgan fingerprint density at radius 1 is 1.17 bits per heavy atom. The summed E-state index contributed by atoms with van der Waals surface area (Å²) < 4.78 is 0. The van der Waals surface area contributed by atoms with Gasteiger partial charge in [-0.15, -0.1) is 0 Å². The van der Waals surface area contributed by atoms with Crippen LogP contribution < -0.4 is 5.32 Å². The molecule has 0 aromatic heterocycles. The van der Waals surface area contributed by atoms with E-state index in [1.165, 1.54) is 32.6 Å². The highest BCUT2D eigenvalue weighted by molar-refractivity contribution is 4.87. The lowest BCUT2D eigenvalue weighted by atomic mass is 10.0. The van der Waals surface area contributed by atoms with Crippen molar-refractivity contribution in [2.75, 3.05) is 26.2 Å². The van der Waals surface area contributed by atoms with Crippen molar-refractivity contribution in [3.05, 3.63) is 0 Å². The van der Waals surface area contributed by atoms with Gasteiger partial charge in [0.1, 0.15) is 0 Å². The minimum atomic E-state index is 0.845. The van der Waals surface area contributed by atoms with Crippen LogP contribution in [-0.2, 0) is 0 Å². The highest BCUT2D eigenvalue weighted by Crippen LogP contribution is 2.25. The summed E-state index contributed by atoms with van der Waals surface area (Å²) in [7, 11) is 0. The zero-order valence-electron chi connectivity index (χ0n) is 8.21. The SMILES string of the molecule is CC1CN(C2CCNC2)CC1C. The lowest BCUT2D eigenvalue weighted by Crippen LogP contribution is -2.35. The molecular formula is C10H20N2. The van der Waals surface area contributed by atoms with E-state index in [1.54, 1.807) is 0 Å². The van der Waals surface area contributed by atoms with Gasteiger partial charge in [0.2, 0.25) is 0 Å². The van der Waals surface area contributed by atoms with E-state index < -0.39 is 0 Å². The molecule has 0 aromatic rings. The number of likely N-dealkylation sites (tertiary alicyclic amines) is 1. The van der Waals surface area contributed by atoms with Gasteiger partial charge >= 0.3 is 0 Å². The van der Waals surface area contributed by atoms with Crippen LogP contribution in [0.4, 0.5) is 0 Å². The van der Waals surface area contributed by atoms with E-state index in [0.29, 0.717) is 0 Å². The first-order valence-corrected chi connectivity index (χ1v) is 5.22. The van der Waals surface area contributed by atoms with Crippen LogP contribution in [0.1, 0.15) is 20.3 Å². The standard InChI is InChI=1S/C10H20N2/c1-8-6-12(7-9(8)2)10-3-4-11-5-10/h8-11H,3-7H2,1-2H3. The summed E-state index contributed by atoms with van der Waals surface area (Å²) >= 11 is 0. The van der Waals surface area contributed by atoms with Gasteiger partial charge in [0.05, 0.1) is 0 Å². The normalized spacial score (nSPS) is 44.0. The lowest BCUT2D eigenvalue weighted by molar-refractivity contribution is 0.247. The quantitative estimate of drug-likeness (QED) is 0.627. The monoisotopic (exact) mass is 168 g/mol. The van der Waals surface area contributed by atoms with Gasteiger partial charge in [-0.3, -0.25) is 4.90 Å². The fourth-order valence-corrected chi connectivity index (χ4v) is 2.42. The highest BCUT2D eigenvalue weighted by atomic mass is 15.2. The molecule has 0 spiro atoms. The Hall–Kier alpha value is -0.0800. The molecule has 0 radical (unpaired) electrons. The number of rotatable bonds is 1. The third-order valence-electron chi connectivity index (χ3n) is 3.57. The van der Waals surface area contributed by atoms with E-state index in [9.17, 15) is 0 Å². The second-order valence-electron chi connectivity index (χ2n) is 4.56. The summed E-state index contributed by atoms with van der Waals surface area (Å²) in [4.78, 5) is 2.68. The van der Waals surface area contributed by atoms with Crippen molar-refractivity contribution in [3.63, 3.8) is 0 Å². The smallest absolute Gasteiger partial charge is 0.0232 e. The molecule has 2 aliphatic rings. The van der Waals surface area contributed by atoms with Gasteiger partial charge in [0.15, 0.2) is 0 Å². The molecule has 2 aliphatic heterocycles. The Balaban J connectivity index is 1.89. The van der Waals surface area contributed by atoms with Crippen LogP contribution in [-0.4, -0.2) is 37.1 Å². The maximum Gasteiger partial charge on any atom is 0.0232 e. The van der Waals surface area contributed by atoms with Crippen molar-refractivity contribution in [1.29, 1.82) is 0 Å². The second-order valence-corrected chi connectivity index (χ2v) is 4.56. The summed E-state index contributed by atoms with van der Waals surface area (Å²) in [6.45, 7) is 9.87. The van der Waals surface area contributed by atoms with Crippen molar-refractivity contribution < 1.29 is 0 Å². The van der Waals surface area contributed by atoms with E-state index >= 15 is 0 Å². The zero-order chi connectivity index (χ0) is 8.55. The maximum atomic E-state index is 3.44. The van der Waals surface area contributed by atoms with Gasteiger partial charge in [0.25, 0.3) is 0 Å². The Labute approximate surface area is 75.3 Å². The number of nitrogens with one attached hydrogen (secondary N) is 1. The van der Waals surface area contributed by atoms with E-state index in [4.69, 9.17) is 0 Å². The Bertz CT molecular complexity index is 142. The molecular weight excluding hydrogens is 148 g/mol. The van der Waals surface area contributed by atoms with E-state index in [-0.39, 0.29) is 0 Å². The highest BCUT2D eigenvalue weighted by Gasteiger charge is 2.31. The largest absolute Gasteiger partial charge is 0.315 e.